The number of carbonyl (C=O) groups is 1. The molecular formula is C26H29Cl2N7O3. The molecule has 200 valence electrons. The minimum atomic E-state index is -0.284. The summed E-state index contributed by atoms with van der Waals surface area (Å²) in [7, 11) is 3.76. The van der Waals surface area contributed by atoms with Crippen molar-refractivity contribution in [2.45, 2.75) is 12.6 Å². The lowest BCUT2D eigenvalue weighted by Crippen LogP contribution is -2.46. The Balaban J connectivity index is 1.38. The van der Waals surface area contributed by atoms with Gasteiger partial charge in [0.1, 0.15) is 11.4 Å². The van der Waals surface area contributed by atoms with E-state index in [1.165, 1.54) is 11.1 Å². The first-order chi connectivity index (χ1) is 18.4. The molecule has 1 amide bonds. The van der Waals surface area contributed by atoms with E-state index in [4.69, 9.17) is 27.9 Å². The summed E-state index contributed by atoms with van der Waals surface area (Å²) >= 11 is 12.7. The lowest BCUT2D eigenvalue weighted by Gasteiger charge is -2.35. The average Bonchev–Trinajstić information content (AvgIpc) is 3.17. The van der Waals surface area contributed by atoms with Crippen LogP contribution in [0.25, 0.3) is 0 Å². The second kappa shape index (κ2) is 11.3. The number of halogens is 2. The summed E-state index contributed by atoms with van der Waals surface area (Å²) in [6.07, 6.45) is 1.50. The molecule has 3 aromatic rings. The van der Waals surface area contributed by atoms with E-state index in [2.05, 4.69) is 25.5 Å². The fourth-order valence-corrected chi connectivity index (χ4v) is 5.32. The van der Waals surface area contributed by atoms with E-state index in [0.29, 0.717) is 46.3 Å². The minimum Gasteiger partial charge on any atom is -0.392 e. The van der Waals surface area contributed by atoms with E-state index in [0.717, 1.165) is 30.0 Å². The second-order valence-corrected chi connectivity index (χ2v) is 10.0. The molecule has 0 radical (unpaired) electrons. The molecular weight excluding hydrogens is 529 g/mol. The molecule has 1 fully saturated rings. The van der Waals surface area contributed by atoms with Gasteiger partial charge in [0.25, 0.3) is 5.91 Å². The van der Waals surface area contributed by atoms with Crippen LogP contribution in [-0.2, 0) is 11.3 Å². The molecule has 10 nitrogen and oxygen atoms in total. The van der Waals surface area contributed by atoms with Crippen molar-refractivity contribution in [3.05, 3.63) is 63.8 Å². The van der Waals surface area contributed by atoms with Crippen LogP contribution in [0.1, 0.15) is 15.9 Å². The van der Waals surface area contributed by atoms with Crippen molar-refractivity contribution in [1.82, 2.24) is 15.3 Å². The van der Waals surface area contributed by atoms with E-state index in [-0.39, 0.29) is 25.2 Å². The monoisotopic (exact) mass is 557 g/mol. The van der Waals surface area contributed by atoms with Crippen molar-refractivity contribution >= 4 is 57.9 Å². The number of ether oxygens (including phenoxy) is 1. The highest BCUT2D eigenvalue weighted by atomic mass is 35.5. The van der Waals surface area contributed by atoms with E-state index in [1.54, 1.807) is 18.2 Å². The number of carbonyl (C=O) groups excluding carboxylic acids is 1. The van der Waals surface area contributed by atoms with Crippen LogP contribution in [0.4, 0.5) is 28.8 Å². The zero-order chi connectivity index (χ0) is 26.8. The van der Waals surface area contributed by atoms with E-state index in [1.807, 2.05) is 37.2 Å². The molecule has 2 aliphatic rings. The Hall–Kier alpha value is -3.15. The normalized spacial score (nSPS) is 17.9. The van der Waals surface area contributed by atoms with Crippen LogP contribution in [0.3, 0.4) is 0 Å². The maximum absolute atomic E-state index is 13.3. The van der Waals surface area contributed by atoms with Crippen LogP contribution in [0.2, 0.25) is 10.0 Å². The topological polar surface area (TPSA) is 106 Å². The molecule has 3 heterocycles. The van der Waals surface area contributed by atoms with Crippen molar-refractivity contribution in [1.29, 1.82) is 0 Å². The quantitative estimate of drug-likeness (QED) is 0.419. The zero-order valence-electron chi connectivity index (χ0n) is 21.1. The van der Waals surface area contributed by atoms with Crippen molar-refractivity contribution in [3.8, 4) is 0 Å². The molecule has 0 bridgehead atoms. The zero-order valence-corrected chi connectivity index (χ0v) is 22.6. The second-order valence-electron chi connectivity index (χ2n) is 9.21. The number of nitrogens with one attached hydrogen (secondary N) is 2. The third kappa shape index (κ3) is 5.23. The van der Waals surface area contributed by atoms with Gasteiger partial charge in [0.2, 0.25) is 5.95 Å². The minimum absolute atomic E-state index is 0.116. The van der Waals surface area contributed by atoms with Crippen LogP contribution < -0.4 is 25.3 Å². The summed E-state index contributed by atoms with van der Waals surface area (Å²) in [6, 6.07) is 11.1. The summed E-state index contributed by atoms with van der Waals surface area (Å²) in [5.74, 6) is 0.546. The first-order valence-corrected chi connectivity index (χ1v) is 13.0. The number of para-hydroxylation sites is 1. The number of hydrogen-bond donors (Lipinski definition) is 3. The number of hydrogen-bond acceptors (Lipinski definition) is 9. The highest BCUT2D eigenvalue weighted by Gasteiger charge is 2.32. The Morgan fingerprint density at radius 1 is 1.21 bits per heavy atom. The van der Waals surface area contributed by atoms with Gasteiger partial charge in [-0.2, -0.15) is 4.98 Å². The first-order valence-electron chi connectivity index (χ1n) is 12.2. The molecule has 0 aliphatic carbocycles. The highest BCUT2D eigenvalue weighted by Crippen LogP contribution is 2.37. The number of likely N-dealkylation sites (N-methyl/N-ethyl adjacent to an activating group) is 1. The molecule has 1 aromatic heterocycles. The van der Waals surface area contributed by atoms with Crippen LogP contribution >= 0.6 is 23.2 Å². The number of rotatable bonds is 6. The van der Waals surface area contributed by atoms with Gasteiger partial charge in [0.05, 0.1) is 42.2 Å². The summed E-state index contributed by atoms with van der Waals surface area (Å²) in [5, 5.41) is 17.4. The molecule has 1 atom stereocenters. The van der Waals surface area contributed by atoms with Gasteiger partial charge in [-0.3, -0.25) is 9.69 Å². The summed E-state index contributed by atoms with van der Waals surface area (Å²) < 4.78 is 5.69. The largest absolute Gasteiger partial charge is 0.392 e. The number of aliphatic hydroxyl groups is 1. The fraction of sp³-hybridized carbons (Fsp3) is 0.346. The molecule has 1 unspecified atom stereocenters. The van der Waals surface area contributed by atoms with Gasteiger partial charge in [-0.05, 0) is 37.4 Å². The van der Waals surface area contributed by atoms with Crippen molar-refractivity contribution in [2.24, 2.45) is 0 Å². The molecule has 0 spiro atoms. The third-order valence-corrected chi connectivity index (χ3v) is 7.30. The molecule has 0 saturated carbocycles. The summed E-state index contributed by atoms with van der Waals surface area (Å²) in [6.45, 7) is 2.90. The number of nitrogens with zero attached hydrogens (tertiary/aromatic N) is 5. The predicted molar refractivity (Wildman–Crippen MR) is 150 cm³/mol. The summed E-state index contributed by atoms with van der Waals surface area (Å²) in [4.78, 5) is 27.9. The number of aliphatic hydroxyl groups excluding tert-OH is 1. The first kappa shape index (κ1) is 26.5. The van der Waals surface area contributed by atoms with Crippen LogP contribution in [0, 0.1) is 0 Å². The van der Waals surface area contributed by atoms with Gasteiger partial charge in [0.15, 0.2) is 0 Å². The van der Waals surface area contributed by atoms with Crippen LogP contribution in [0.15, 0.2) is 42.6 Å². The van der Waals surface area contributed by atoms with Gasteiger partial charge in [-0.1, -0.05) is 29.3 Å². The van der Waals surface area contributed by atoms with Gasteiger partial charge in [0, 0.05) is 49.3 Å². The van der Waals surface area contributed by atoms with Crippen molar-refractivity contribution < 1.29 is 14.6 Å². The van der Waals surface area contributed by atoms with Crippen molar-refractivity contribution in [2.75, 3.05) is 67.1 Å². The van der Waals surface area contributed by atoms with Crippen LogP contribution in [0.5, 0.6) is 0 Å². The molecule has 1 saturated heterocycles. The molecule has 5 rings (SSSR count). The average molecular weight is 558 g/mol. The van der Waals surface area contributed by atoms with E-state index in [9.17, 15) is 9.90 Å². The third-order valence-electron chi connectivity index (χ3n) is 6.69. The number of anilines is 5. The Morgan fingerprint density at radius 3 is 2.74 bits per heavy atom. The van der Waals surface area contributed by atoms with E-state index >= 15 is 0 Å². The fourth-order valence-electron chi connectivity index (χ4n) is 4.71. The molecule has 2 aromatic carbocycles. The predicted octanol–water partition coefficient (Wildman–Crippen LogP) is 3.50. The van der Waals surface area contributed by atoms with Gasteiger partial charge >= 0.3 is 0 Å². The standard InChI is InChI=1S/C26H29Cl2N7O3/c1-29-18-12-34(8-9-38-14-18)22-7-6-17(10-16(22)13-36)31-26-30-11-19-24(32-26)33(2)15-35(25(19)37)23-20(27)4-3-5-21(23)28/h3-7,10-11,18,29,36H,8-9,12-15H2,1-2H3,(H,30,31,32). The molecule has 38 heavy (non-hydrogen) atoms. The smallest absolute Gasteiger partial charge is 0.265 e. The number of aromatic nitrogens is 2. The van der Waals surface area contributed by atoms with Gasteiger partial charge < -0.3 is 30.3 Å². The van der Waals surface area contributed by atoms with Gasteiger partial charge in [-0.25, -0.2) is 4.98 Å². The van der Waals surface area contributed by atoms with E-state index < -0.39 is 0 Å². The Labute approximate surface area is 231 Å². The Morgan fingerprint density at radius 2 is 2.00 bits per heavy atom. The molecule has 12 heteroatoms. The SMILES string of the molecule is CNC1COCCN(c2ccc(Nc3ncc4c(n3)N(C)CN(c3c(Cl)cccc3Cl)C4=O)cc2CO)C1. The molecule has 3 N–H and O–H groups in total. The van der Waals surface area contributed by atoms with Crippen molar-refractivity contribution in [3.63, 3.8) is 0 Å². The number of benzene rings is 2. The Kier molecular flexibility index (Phi) is 7.87. The van der Waals surface area contributed by atoms with Crippen LogP contribution in [-0.4, -0.2) is 74.1 Å². The summed E-state index contributed by atoms with van der Waals surface area (Å²) in [5.41, 5.74) is 3.26. The van der Waals surface area contributed by atoms with Gasteiger partial charge in [-0.15, -0.1) is 0 Å². The number of fused-ring (bicyclic) bond motifs is 1. The Bertz CT molecular complexity index is 1320. The number of amides is 1. The lowest BCUT2D eigenvalue weighted by molar-refractivity contribution is 0.0982. The maximum Gasteiger partial charge on any atom is 0.265 e. The molecule has 2 aliphatic heterocycles. The highest BCUT2D eigenvalue weighted by molar-refractivity contribution is 6.40. The lowest BCUT2D eigenvalue weighted by atomic mass is 10.1. The maximum atomic E-state index is 13.3.